The molecule has 84 valence electrons. The number of hydrogen-bond acceptors (Lipinski definition) is 4. The summed E-state index contributed by atoms with van der Waals surface area (Å²) in [5.41, 5.74) is 11.0. The van der Waals surface area contributed by atoms with Crippen molar-refractivity contribution in [2.75, 3.05) is 5.73 Å². The third-order valence-corrected chi connectivity index (χ3v) is 2.27. The summed E-state index contributed by atoms with van der Waals surface area (Å²) < 4.78 is 39.6. The molecule has 4 nitrogen and oxygen atoms in total. The number of nitrogen functional groups attached to an aromatic ring is 1. The van der Waals surface area contributed by atoms with E-state index in [1.807, 2.05) is 0 Å². The summed E-state index contributed by atoms with van der Waals surface area (Å²) in [6, 6.07) is 1.14. The van der Waals surface area contributed by atoms with Gasteiger partial charge in [0.05, 0.1) is 0 Å². The van der Waals surface area contributed by atoms with Gasteiger partial charge in [-0.25, -0.2) is 4.98 Å². The second-order valence-corrected chi connectivity index (χ2v) is 3.60. The van der Waals surface area contributed by atoms with Crippen molar-refractivity contribution in [2.24, 2.45) is 5.73 Å². The minimum atomic E-state index is -4.75. The average molecular weight is 333 g/mol. The smallest absolute Gasteiger partial charge is 0.403 e. The fourth-order valence-electron chi connectivity index (χ4n) is 0.884. The summed E-state index contributed by atoms with van der Waals surface area (Å²) in [4.78, 5) is 3.69. The van der Waals surface area contributed by atoms with Gasteiger partial charge in [0.15, 0.2) is 5.75 Å². The zero-order valence-corrected chi connectivity index (χ0v) is 9.46. The van der Waals surface area contributed by atoms with Crippen LogP contribution in [0.15, 0.2) is 6.07 Å². The molecule has 0 aromatic carbocycles. The molecule has 0 aliphatic rings. The van der Waals surface area contributed by atoms with Gasteiger partial charge in [0, 0.05) is 12.1 Å². The zero-order chi connectivity index (χ0) is 11.6. The first-order valence-corrected chi connectivity index (χ1v) is 4.82. The lowest BCUT2D eigenvalue weighted by Gasteiger charge is -2.12. The van der Waals surface area contributed by atoms with E-state index >= 15 is 0 Å². The van der Waals surface area contributed by atoms with E-state index in [0.717, 1.165) is 6.07 Å². The second kappa shape index (κ2) is 4.39. The highest BCUT2D eigenvalue weighted by Gasteiger charge is 2.32. The monoisotopic (exact) mass is 333 g/mol. The molecule has 0 unspecified atom stereocenters. The Morgan fingerprint density at radius 3 is 2.53 bits per heavy atom. The van der Waals surface area contributed by atoms with Crippen molar-refractivity contribution >= 4 is 28.4 Å². The second-order valence-electron chi connectivity index (χ2n) is 2.57. The molecule has 0 bridgehead atoms. The van der Waals surface area contributed by atoms with Crippen LogP contribution >= 0.6 is 22.6 Å². The van der Waals surface area contributed by atoms with Crippen molar-refractivity contribution < 1.29 is 17.9 Å². The molecule has 0 amide bonds. The minimum absolute atomic E-state index is 0.00394. The topological polar surface area (TPSA) is 74.2 Å². The van der Waals surface area contributed by atoms with Crippen LogP contribution < -0.4 is 16.2 Å². The highest BCUT2D eigenvalue weighted by atomic mass is 127. The molecular formula is C7H7F3IN3O. The lowest BCUT2D eigenvalue weighted by molar-refractivity contribution is -0.275. The first-order valence-electron chi connectivity index (χ1n) is 3.74. The van der Waals surface area contributed by atoms with Crippen LogP contribution in [0, 0.1) is 3.70 Å². The molecule has 1 aromatic heterocycles. The SMILES string of the molecule is NCc1cc(OC(F)(F)F)c(I)nc1N. The Kier molecular flexibility index (Phi) is 3.60. The molecule has 4 N–H and O–H groups in total. The summed E-state index contributed by atoms with van der Waals surface area (Å²) in [6.45, 7) is 0.00394. The van der Waals surface area contributed by atoms with Crippen LogP contribution in [0.5, 0.6) is 5.75 Å². The van der Waals surface area contributed by atoms with Gasteiger partial charge in [0.25, 0.3) is 0 Å². The van der Waals surface area contributed by atoms with Crippen LogP contribution in [0.4, 0.5) is 19.0 Å². The lowest BCUT2D eigenvalue weighted by atomic mass is 10.2. The van der Waals surface area contributed by atoms with Gasteiger partial charge >= 0.3 is 6.36 Å². The van der Waals surface area contributed by atoms with Crippen molar-refractivity contribution in [1.29, 1.82) is 0 Å². The van der Waals surface area contributed by atoms with Crippen LogP contribution in [-0.4, -0.2) is 11.3 Å². The van der Waals surface area contributed by atoms with Crippen LogP contribution in [0.25, 0.3) is 0 Å². The van der Waals surface area contributed by atoms with E-state index < -0.39 is 12.1 Å². The van der Waals surface area contributed by atoms with Gasteiger partial charge in [0.1, 0.15) is 9.52 Å². The van der Waals surface area contributed by atoms with Gasteiger partial charge < -0.3 is 16.2 Å². The molecule has 1 rings (SSSR count). The van der Waals surface area contributed by atoms with E-state index in [0.29, 0.717) is 5.56 Å². The zero-order valence-electron chi connectivity index (χ0n) is 7.31. The Bertz CT molecular complexity index is 369. The maximum Gasteiger partial charge on any atom is 0.573 e. The highest BCUT2D eigenvalue weighted by molar-refractivity contribution is 14.1. The predicted molar refractivity (Wildman–Crippen MR) is 55.9 cm³/mol. The first-order chi connectivity index (χ1) is 6.83. The largest absolute Gasteiger partial charge is 0.573 e. The molecule has 0 aliphatic heterocycles. The number of hydrogen-bond donors (Lipinski definition) is 2. The number of alkyl halides is 3. The minimum Gasteiger partial charge on any atom is -0.403 e. The summed E-state index contributed by atoms with van der Waals surface area (Å²) in [7, 11) is 0. The number of ether oxygens (including phenoxy) is 1. The van der Waals surface area contributed by atoms with Crippen molar-refractivity contribution in [1.82, 2.24) is 4.98 Å². The van der Waals surface area contributed by atoms with Gasteiger partial charge in [-0.15, -0.1) is 13.2 Å². The molecule has 8 heteroatoms. The fourth-order valence-corrected chi connectivity index (χ4v) is 1.41. The van der Waals surface area contributed by atoms with E-state index in [1.54, 1.807) is 22.6 Å². The number of rotatable bonds is 2. The van der Waals surface area contributed by atoms with E-state index in [1.165, 1.54) is 0 Å². The molecule has 0 spiro atoms. The van der Waals surface area contributed by atoms with Crippen molar-refractivity contribution in [2.45, 2.75) is 12.9 Å². The Balaban J connectivity index is 3.08. The average Bonchev–Trinajstić information content (AvgIpc) is 2.07. The van der Waals surface area contributed by atoms with Crippen LogP contribution in [-0.2, 0) is 6.54 Å². The van der Waals surface area contributed by atoms with E-state index in [9.17, 15) is 13.2 Å². The number of halogens is 4. The molecule has 0 radical (unpaired) electrons. The molecular weight excluding hydrogens is 326 g/mol. The predicted octanol–water partition coefficient (Wildman–Crippen LogP) is 1.63. The molecule has 0 saturated heterocycles. The molecule has 0 fully saturated rings. The molecule has 0 saturated carbocycles. The third-order valence-electron chi connectivity index (χ3n) is 1.50. The lowest BCUT2D eigenvalue weighted by Crippen LogP contribution is -2.19. The number of nitrogens with two attached hydrogens (primary N) is 2. The molecule has 1 aromatic rings. The van der Waals surface area contributed by atoms with Crippen LogP contribution in [0.3, 0.4) is 0 Å². The van der Waals surface area contributed by atoms with Gasteiger partial charge in [-0.1, -0.05) is 0 Å². The number of nitrogens with zero attached hydrogens (tertiary/aromatic N) is 1. The van der Waals surface area contributed by atoms with Gasteiger partial charge in [-0.05, 0) is 28.7 Å². The Labute approximate surface area is 96.9 Å². The van der Waals surface area contributed by atoms with E-state index in [4.69, 9.17) is 11.5 Å². The standard InChI is InChI=1S/C7H7F3IN3O/c8-7(9,10)15-4-1-3(2-12)6(13)14-5(4)11/h1H,2,12H2,(H2,13,14). The molecule has 15 heavy (non-hydrogen) atoms. The third kappa shape index (κ3) is 3.38. The molecule has 0 atom stereocenters. The molecule has 0 aliphatic carbocycles. The van der Waals surface area contributed by atoms with Crippen LogP contribution in [0.1, 0.15) is 5.56 Å². The quantitative estimate of drug-likeness (QED) is 0.637. The maximum atomic E-state index is 11.9. The highest BCUT2D eigenvalue weighted by Crippen LogP contribution is 2.28. The van der Waals surface area contributed by atoms with Gasteiger partial charge in [-0.3, -0.25) is 0 Å². The summed E-state index contributed by atoms with van der Waals surface area (Å²) in [5.74, 6) is -0.283. The van der Waals surface area contributed by atoms with E-state index in [2.05, 4.69) is 9.72 Å². The van der Waals surface area contributed by atoms with Crippen molar-refractivity contribution in [3.63, 3.8) is 0 Å². The summed E-state index contributed by atoms with van der Waals surface area (Å²) >= 11 is 1.60. The van der Waals surface area contributed by atoms with Crippen LogP contribution in [0.2, 0.25) is 0 Å². The Hall–Kier alpha value is -0.770. The van der Waals surface area contributed by atoms with Crippen molar-refractivity contribution in [3.05, 3.63) is 15.3 Å². The van der Waals surface area contributed by atoms with E-state index in [-0.39, 0.29) is 16.1 Å². The molecule has 1 heterocycles. The summed E-state index contributed by atoms with van der Waals surface area (Å²) in [6.07, 6.45) is -4.75. The number of pyridine rings is 1. The Morgan fingerprint density at radius 2 is 2.07 bits per heavy atom. The Morgan fingerprint density at radius 1 is 1.47 bits per heavy atom. The van der Waals surface area contributed by atoms with Gasteiger partial charge in [-0.2, -0.15) is 0 Å². The first kappa shape index (κ1) is 12.3. The fraction of sp³-hybridized carbons (Fsp3) is 0.286. The number of anilines is 1. The summed E-state index contributed by atoms with van der Waals surface area (Å²) in [5, 5.41) is 0. The maximum absolute atomic E-state index is 11.9. The van der Waals surface area contributed by atoms with Gasteiger partial charge in [0.2, 0.25) is 0 Å². The number of aromatic nitrogens is 1. The normalized spacial score (nSPS) is 11.5. The van der Waals surface area contributed by atoms with Crippen molar-refractivity contribution in [3.8, 4) is 5.75 Å².